The third-order valence-electron chi connectivity index (χ3n) is 2.62. The van der Waals surface area contributed by atoms with Crippen LogP contribution in [-0.4, -0.2) is 42.6 Å². The van der Waals surface area contributed by atoms with Crippen molar-refractivity contribution in [1.82, 2.24) is 10.6 Å². The quantitative estimate of drug-likeness (QED) is 0.613. The summed E-state index contributed by atoms with van der Waals surface area (Å²) in [6, 6.07) is 3.22. The van der Waals surface area contributed by atoms with Crippen LogP contribution in [0.4, 0.5) is 0 Å². The van der Waals surface area contributed by atoms with Gasteiger partial charge in [0, 0.05) is 11.8 Å². The van der Waals surface area contributed by atoms with Crippen molar-refractivity contribution in [2.24, 2.45) is 0 Å². The van der Waals surface area contributed by atoms with Crippen LogP contribution in [0.5, 0.6) is 0 Å². The van der Waals surface area contributed by atoms with Gasteiger partial charge in [0.05, 0.1) is 26.1 Å². The zero-order chi connectivity index (χ0) is 15.8. The van der Waals surface area contributed by atoms with E-state index in [-0.39, 0.29) is 24.8 Å². The molecule has 0 aliphatic carbocycles. The van der Waals surface area contributed by atoms with E-state index in [1.54, 1.807) is 0 Å². The molecule has 2 unspecified atom stereocenters. The molecule has 0 spiro atoms. The van der Waals surface area contributed by atoms with Gasteiger partial charge in [0.2, 0.25) is 11.8 Å². The highest BCUT2D eigenvalue weighted by Crippen LogP contribution is 2.21. The van der Waals surface area contributed by atoms with Gasteiger partial charge in [-0.25, -0.2) is 4.79 Å². The predicted molar refractivity (Wildman–Crippen MR) is 76.5 cm³/mol. The number of esters is 1. The SMILES string of the molecule is COC(=O)C(O)CNC(=O)CC(NC(C)=O)c1cccs1. The van der Waals surface area contributed by atoms with Gasteiger partial charge >= 0.3 is 5.97 Å². The van der Waals surface area contributed by atoms with E-state index in [1.807, 2.05) is 17.5 Å². The number of aliphatic hydroxyl groups excluding tert-OH is 1. The van der Waals surface area contributed by atoms with Crippen molar-refractivity contribution in [2.45, 2.75) is 25.5 Å². The average Bonchev–Trinajstić information content (AvgIpc) is 2.96. The summed E-state index contributed by atoms with van der Waals surface area (Å²) in [7, 11) is 1.15. The molecule has 1 aromatic heterocycles. The Hall–Kier alpha value is -1.93. The largest absolute Gasteiger partial charge is 0.467 e. The highest BCUT2D eigenvalue weighted by atomic mass is 32.1. The molecule has 0 bridgehead atoms. The summed E-state index contributed by atoms with van der Waals surface area (Å²) >= 11 is 1.43. The topological polar surface area (TPSA) is 105 Å². The van der Waals surface area contributed by atoms with Gasteiger partial charge in [-0.15, -0.1) is 11.3 Å². The van der Waals surface area contributed by atoms with Gasteiger partial charge in [0.25, 0.3) is 0 Å². The van der Waals surface area contributed by atoms with E-state index in [1.165, 1.54) is 18.3 Å². The van der Waals surface area contributed by atoms with E-state index < -0.39 is 18.1 Å². The Morgan fingerprint density at radius 3 is 2.67 bits per heavy atom. The minimum atomic E-state index is -1.40. The normalized spacial score (nSPS) is 13.1. The van der Waals surface area contributed by atoms with Crippen molar-refractivity contribution in [3.05, 3.63) is 22.4 Å². The van der Waals surface area contributed by atoms with E-state index in [2.05, 4.69) is 15.4 Å². The molecule has 0 radical (unpaired) electrons. The summed E-state index contributed by atoms with van der Waals surface area (Å²) in [6.07, 6.45) is -1.38. The van der Waals surface area contributed by atoms with Crippen LogP contribution in [0, 0.1) is 0 Å². The van der Waals surface area contributed by atoms with Gasteiger partial charge in [-0.3, -0.25) is 9.59 Å². The number of ether oxygens (including phenoxy) is 1. The highest BCUT2D eigenvalue weighted by Gasteiger charge is 2.20. The molecule has 2 atom stereocenters. The second-order valence-corrected chi connectivity index (χ2v) is 5.29. The van der Waals surface area contributed by atoms with E-state index in [0.717, 1.165) is 12.0 Å². The lowest BCUT2D eigenvalue weighted by molar-refractivity contribution is -0.150. The molecule has 7 nitrogen and oxygen atoms in total. The number of aliphatic hydroxyl groups is 1. The number of thiophene rings is 1. The molecule has 1 aromatic rings. The third-order valence-corrected chi connectivity index (χ3v) is 3.61. The number of carbonyl (C=O) groups is 3. The fourth-order valence-corrected chi connectivity index (χ4v) is 2.42. The number of hydrogen-bond acceptors (Lipinski definition) is 6. The number of rotatable bonds is 7. The summed E-state index contributed by atoms with van der Waals surface area (Å²) < 4.78 is 4.34. The predicted octanol–water partition coefficient (Wildman–Crippen LogP) is -0.0345. The summed E-state index contributed by atoms with van der Waals surface area (Å²) in [6.45, 7) is 1.14. The molecular formula is C13H18N2O5S. The summed E-state index contributed by atoms with van der Waals surface area (Å²) in [5, 5.41) is 16.3. The Bertz CT molecular complexity index is 489. The van der Waals surface area contributed by atoms with Crippen LogP contribution in [0.25, 0.3) is 0 Å². The molecule has 0 aliphatic heterocycles. The van der Waals surface area contributed by atoms with Gasteiger partial charge in [0.1, 0.15) is 0 Å². The molecule has 3 N–H and O–H groups in total. The van der Waals surface area contributed by atoms with Gasteiger partial charge in [-0.05, 0) is 11.4 Å². The van der Waals surface area contributed by atoms with Crippen molar-refractivity contribution in [1.29, 1.82) is 0 Å². The van der Waals surface area contributed by atoms with Crippen LogP contribution >= 0.6 is 11.3 Å². The lowest BCUT2D eigenvalue weighted by Crippen LogP contribution is -2.39. The Kier molecular flexibility index (Phi) is 6.83. The molecule has 116 valence electrons. The summed E-state index contributed by atoms with van der Waals surface area (Å²) in [5.74, 6) is -1.44. The van der Waals surface area contributed by atoms with Crippen molar-refractivity contribution < 1.29 is 24.2 Å². The van der Waals surface area contributed by atoms with Crippen LogP contribution in [0.1, 0.15) is 24.3 Å². The van der Waals surface area contributed by atoms with E-state index in [4.69, 9.17) is 0 Å². The van der Waals surface area contributed by atoms with Crippen LogP contribution < -0.4 is 10.6 Å². The maximum atomic E-state index is 11.8. The van der Waals surface area contributed by atoms with Crippen LogP contribution in [0.2, 0.25) is 0 Å². The Morgan fingerprint density at radius 2 is 2.14 bits per heavy atom. The third kappa shape index (κ3) is 5.92. The number of carbonyl (C=O) groups excluding carboxylic acids is 3. The first-order valence-corrected chi connectivity index (χ1v) is 7.15. The summed E-state index contributed by atoms with van der Waals surface area (Å²) in [4.78, 5) is 34.9. The fourth-order valence-electron chi connectivity index (χ4n) is 1.65. The van der Waals surface area contributed by atoms with Gasteiger partial charge in [0.15, 0.2) is 6.10 Å². The second-order valence-electron chi connectivity index (χ2n) is 4.32. The van der Waals surface area contributed by atoms with E-state index >= 15 is 0 Å². The van der Waals surface area contributed by atoms with Crippen molar-refractivity contribution in [3.8, 4) is 0 Å². The molecule has 0 saturated carbocycles. The molecule has 21 heavy (non-hydrogen) atoms. The maximum absolute atomic E-state index is 11.8. The van der Waals surface area contributed by atoms with Gasteiger partial charge in [-0.1, -0.05) is 6.07 Å². The van der Waals surface area contributed by atoms with Crippen molar-refractivity contribution in [2.75, 3.05) is 13.7 Å². The molecule has 0 saturated heterocycles. The molecule has 1 rings (SSSR count). The minimum absolute atomic E-state index is 0.0218. The van der Waals surface area contributed by atoms with E-state index in [9.17, 15) is 19.5 Å². The molecule has 0 aromatic carbocycles. The smallest absolute Gasteiger partial charge is 0.336 e. The second kappa shape index (κ2) is 8.38. The number of hydrogen-bond donors (Lipinski definition) is 3. The zero-order valence-electron chi connectivity index (χ0n) is 11.8. The zero-order valence-corrected chi connectivity index (χ0v) is 12.6. The molecule has 8 heteroatoms. The lowest BCUT2D eigenvalue weighted by Gasteiger charge is -2.17. The first kappa shape index (κ1) is 17.1. The number of methoxy groups -OCH3 is 1. The maximum Gasteiger partial charge on any atom is 0.336 e. The molecule has 2 amide bonds. The first-order chi connectivity index (χ1) is 9.93. The number of amides is 2. The first-order valence-electron chi connectivity index (χ1n) is 6.27. The highest BCUT2D eigenvalue weighted by molar-refractivity contribution is 7.10. The molecular weight excluding hydrogens is 296 g/mol. The van der Waals surface area contributed by atoms with Crippen molar-refractivity contribution >= 4 is 29.1 Å². The summed E-state index contributed by atoms with van der Waals surface area (Å²) in [5.41, 5.74) is 0. The minimum Gasteiger partial charge on any atom is -0.467 e. The molecule has 1 heterocycles. The fraction of sp³-hybridized carbons (Fsp3) is 0.462. The van der Waals surface area contributed by atoms with Crippen LogP contribution in [0.15, 0.2) is 17.5 Å². The Balaban J connectivity index is 2.53. The Labute approximate surface area is 126 Å². The lowest BCUT2D eigenvalue weighted by atomic mass is 10.1. The van der Waals surface area contributed by atoms with Crippen LogP contribution in [0.3, 0.4) is 0 Å². The van der Waals surface area contributed by atoms with Gasteiger partial charge < -0.3 is 20.5 Å². The van der Waals surface area contributed by atoms with E-state index in [0.29, 0.717) is 0 Å². The van der Waals surface area contributed by atoms with Crippen LogP contribution in [-0.2, 0) is 19.1 Å². The standard InChI is InChI=1S/C13H18N2O5S/c1-8(16)15-9(11-4-3-5-21-11)6-12(18)14-7-10(17)13(19)20-2/h3-5,9-10,17H,6-7H2,1-2H3,(H,14,18)(H,15,16). The average molecular weight is 314 g/mol. The Morgan fingerprint density at radius 1 is 1.43 bits per heavy atom. The number of nitrogens with one attached hydrogen (secondary N) is 2. The van der Waals surface area contributed by atoms with Crippen molar-refractivity contribution in [3.63, 3.8) is 0 Å². The monoisotopic (exact) mass is 314 g/mol. The molecule has 0 fully saturated rings. The molecule has 0 aliphatic rings. The van der Waals surface area contributed by atoms with Gasteiger partial charge in [-0.2, -0.15) is 0 Å².